The average molecular weight is 488 g/mol. The normalized spacial score (nSPS) is 14.0. The largest absolute Gasteiger partial charge is 0.493 e. The molecule has 1 fully saturated rings. The van der Waals surface area contributed by atoms with E-state index in [0.717, 1.165) is 18.7 Å². The number of nitrogens with zero attached hydrogens (tertiary/aromatic N) is 5. The zero-order valence-electron chi connectivity index (χ0n) is 20.0. The molecule has 0 saturated carbocycles. The summed E-state index contributed by atoms with van der Waals surface area (Å²) in [6, 6.07) is 7.01. The molecule has 0 unspecified atom stereocenters. The number of carbonyl (C=O) groups is 1. The molecule has 188 valence electrons. The first-order valence-corrected chi connectivity index (χ1v) is 11.1. The van der Waals surface area contributed by atoms with Crippen molar-refractivity contribution >= 4 is 17.6 Å². The second kappa shape index (κ2) is 11.1. The molecular formula is C23H29N5O7. The number of ether oxygens (including phenoxy) is 5. The molecule has 2 aromatic heterocycles. The standard InChI is InChI=1S/C23H29N5O7/c1-31-17-12-16(13-18(32-2)22(17)33-3)15-35-21-5-4-19-24-20(14-28(19)25-21)27(23(29)30)7-6-26-8-10-34-11-9-26/h4-5,12-14H,6-11,15H2,1-3H3,(H,29,30). The predicted octanol–water partition coefficient (Wildman–Crippen LogP) is 2.15. The molecule has 12 heteroatoms. The Morgan fingerprint density at radius 1 is 1.11 bits per heavy atom. The fraction of sp³-hybridized carbons (Fsp3) is 0.435. The van der Waals surface area contributed by atoms with Crippen molar-refractivity contribution in [2.45, 2.75) is 6.61 Å². The zero-order chi connectivity index (χ0) is 24.8. The summed E-state index contributed by atoms with van der Waals surface area (Å²) in [4.78, 5) is 19.7. The number of imidazole rings is 1. The number of rotatable bonds is 10. The Balaban J connectivity index is 1.47. The number of fused-ring (bicyclic) bond motifs is 1. The van der Waals surface area contributed by atoms with Gasteiger partial charge in [-0.3, -0.25) is 9.80 Å². The van der Waals surface area contributed by atoms with Crippen LogP contribution in [0.3, 0.4) is 0 Å². The third-order valence-corrected chi connectivity index (χ3v) is 5.65. The summed E-state index contributed by atoms with van der Waals surface area (Å²) >= 11 is 0. The lowest BCUT2D eigenvalue weighted by Crippen LogP contribution is -2.43. The van der Waals surface area contributed by atoms with Crippen LogP contribution in [0.4, 0.5) is 10.6 Å². The molecule has 1 N–H and O–H groups in total. The molecule has 1 aliphatic rings. The van der Waals surface area contributed by atoms with Crippen molar-refractivity contribution in [2.24, 2.45) is 0 Å². The van der Waals surface area contributed by atoms with E-state index in [4.69, 9.17) is 23.7 Å². The lowest BCUT2D eigenvalue weighted by atomic mass is 10.2. The molecule has 0 atom stereocenters. The van der Waals surface area contributed by atoms with Gasteiger partial charge in [0.05, 0.1) is 40.7 Å². The van der Waals surface area contributed by atoms with E-state index >= 15 is 0 Å². The van der Waals surface area contributed by atoms with Crippen LogP contribution in [0.15, 0.2) is 30.5 Å². The molecule has 1 amide bonds. The Kier molecular flexibility index (Phi) is 7.73. The van der Waals surface area contributed by atoms with Gasteiger partial charge in [-0.25, -0.2) is 14.3 Å². The summed E-state index contributed by atoms with van der Waals surface area (Å²) < 4.78 is 28.8. The Bertz CT molecular complexity index is 1140. The van der Waals surface area contributed by atoms with E-state index in [1.165, 1.54) is 9.42 Å². The van der Waals surface area contributed by atoms with E-state index in [1.54, 1.807) is 51.8 Å². The maximum atomic E-state index is 11.9. The van der Waals surface area contributed by atoms with Crippen molar-refractivity contribution in [3.05, 3.63) is 36.0 Å². The molecule has 4 rings (SSSR count). The molecule has 1 saturated heterocycles. The summed E-state index contributed by atoms with van der Waals surface area (Å²) in [5.74, 6) is 2.21. The van der Waals surface area contributed by atoms with Crippen LogP contribution in [0.5, 0.6) is 23.1 Å². The van der Waals surface area contributed by atoms with Crippen molar-refractivity contribution in [1.29, 1.82) is 0 Å². The van der Waals surface area contributed by atoms with Crippen LogP contribution in [0.2, 0.25) is 0 Å². The molecular weight excluding hydrogens is 458 g/mol. The Morgan fingerprint density at radius 2 is 1.83 bits per heavy atom. The number of aromatic nitrogens is 3. The van der Waals surface area contributed by atoms with Crippen molar-refractivity contribution < 1.29 is 33.6 Å². The SMILES string of the molecule is COc1cc(COc2ccc3nc(N(CCN4CCOCC4)C(=O)O)cn3n2)cc(OC)c1OC. The minimum Gasteiger partial charge on any atom is -0.493 e. The highest BCUT2D eigenvalue weighted by Gasteiger charge is 2.20. The average Bonchev–Trinajstić information content (AvgIpc) is 3.30. The van der Waals surface area contributed by atoms with E-state index < -0.39 is 6.09 Å². The van der Waals surface area contributed by atoms with Gasteiger partial charge in [0.25, 0.3) is 0 Å². The molecule has 1 aliphatic heterocycles. The van der Waals surface area contributed by atoms with Gasteiger partial charge in [-0.2, -0.15) is 0 Å². The van der Waals surface area contributed by atoms with E-state index in [2.05, 4.69) is 15.0 Å². The molecule has 0 aliphatic carbocycles. The van der Waals surface area contributed by atoms with Crippen molar-refractivity contribution in [1.82, 2.24) is 19.5 Å². The first-order chi connectivity index (χ1) is 17.0. The van der Waals surface area contributed by atoms with Crippen LogP contribution in [0.1, 0.15) is 5.56 Å². The summed E-state index contributed by atoms with van der Waals surface area (Å²) in [7, 11) is 4.65. The summed E-state index contributed by atoms with van der Waals surface area (Å²) in [6.45, 7) is 3.98. The Morgan fingerprint density at radius 3 is 2.46 bits per heavy atom. The van der Waals surface area contributed by atoms with Gasteiger partial charge in [0.15, 0.2) is 23.0 Å². The highest BCUT2D eigenvalue weighted by Crippen LogP contribution is 2.38. The highest BCUT2D eigenvalue weighted by atomic mass is 16.5. The predicted molar refractivity (Wildman–Crippen MR) is 126 cm³/mol. The molecule has 0 radical (unpaired) electrons. The summed E-state index contributed by atoms with van der Waals surface area (Å²) in [6.07, 6.45) is 0.509. The maximum absolute atomic E-state index is 11.9. The number of carboxylic acid groups (broad SMARTS) is 1. The van der Waals surface area contributed by atoms with Crippen molar-refractivity contribution in [3.8, 4) is 23.1 Å². The summed E-state index contributed by atoms with van der Waals surface area (Å²) in [5.41, 5.74) is 1.31. The van der Waals surface area contributed by atoms with Gasteiger partial charge in [0.1, 0.15) is 6.61 Å². The van der Waals surface area contributed by atoms with E-state index in [-0.39, 0.29) is 6.61 Å². The monoisotopic (exact) mass is 487 g/mol. The van der Waals surface area contributed by atoms with Crippen molar-refractivity contribution in [2.75, 3.05) is 65.6 Å². The number of benzene rings is 1. The third kappa shape index (κ3) is 5.66. The molecule has 3 aromatic rings. The lowest BCUT2D eigenvalue weighted by molar-refractivity contribution is 0.0392. The quantitative estimate of drug-likeness (QED) is 0.455. The Labute approximate surface area is 202 Å². The Hall–Kier alpha value is -3.77. The van der Waals surface area contributed by atoms with Gasteiger partial charge in [0.2, 0.25) is 11.6 Å². The topological polar surface area (TPSA) is 120 Å². The van der Waals surface area contributed by atoms with E-state index in [9.17, 15) is 9.90 Å². The summed E-state index contributed by atoms with van der Waals surface area (Å²) in [5, 5.41) is 14.1. The van der Waals surface area contributed by atoms with Crippen LogP contribution >= 0.6 is 0 Å². The van der Waals surface area contributed by atoms with Gasteiger partial charge in [-0.15, -0.1) is 5.10 Å². The first-order valence-electron chi connectivity index (χ1n) is 11.1. The van der Waals surface area contributed by atoms with E-state index in [1.807, 2.05) is 0 Å². The third-order valence-electron chi connectivity index (χ3n) is 5.65. The minimum atomic E-state index is -1.07. The number of morpholine rings is 1. The smallest absolute Gasteiger partial charge is 0.413 e. The van der Waals surface area contributed by atoms with E-state index in [0.29, 0.717) is 60.9 Å². The molecule has 35 heavy (non-hydrogen) atoms. The molecule has 12 nitrogen and oxygen atoms in total. The van der Waals surface area contributed by atoms with Gasteiger partial charge in [-0.05, 0) is 23.8 Å². The highest BCUT2D eigenvalue weighted by molar-refractivity contribution is 5.85. The minimum absolute atomic E-state index is 0.206. The van der Waals surface area contributed by atoms with Crippen LogP contribution in [0, 0.1) is 0 Å². The molecule has 3 heterocycles. The maximum Gasteiger partial charge on any atom is 0.413 e. The van der Waals surface area contributed by atoms with Crippen LogP contribution in [-0.4, -0.2) is 91.4 Å². The van der Waals surface area contributed by atoms with Crippen molar-refractivity contribution in [3.63, 3.8) is 0 Å². The van der Waals surface area contributed by atoms with Crippen LogP contribution in [-0.2, 0) is 11.3 Å². The van der Waals surface area contributed by atoms with Gasteiger partial charge in [0, 0.05) is 32.2 Å². The number of methoxy groups -OCH3 is 3. The zero-order valence-corrected chi connectivity index (χ0v) is 20.0. The van der Waals surface area contributed by atoms with Gasteiger partial charge in [-0.1, -0.05) is 0 Å². The fourth-order valence-electron chi connectivity index (χ4n) is 3.81. The van der Waals surface area contributed by atoms with Gasteiger partial charge >= 0.3 is 6.09 Å². The fourth-order valence-corrected chi connectivity index (χ4v) is 3.81. The number of anilines is 1. The second-order valence-electron chi connectivity index (χ2n) is 7.78. The second-order valence-corrected chi connectivity index (χ2v) is 7.78. The molecule has 1 aromatic carbocycles. The number of hydrogen-bond donors (Lipinski definition) is 1. The lowest BCUT2D eigenvalue weighted by Gasteiger charge is -2.28. The number of amides is 1. The molecule has 0 bridgehead atoms. The first kappa shape index (κ1) is 24.4. The van der Waals surface area contributed by atoms with Crippen LogP contribution < -0.4 is 23.8 Å². The van der Waals surface area contributed by atoms with Gasteiger partial charge < -0.3 is 28.8 Å². The molecule has 0 spiro atoms. The van der Waals surface area contributed by atoms with Crippen LogP contribution in [0.25, 0.3) is 5.65 Å². The number of hydrogen-bond acceptors (Lipinski definition) is 9.